The minimum Gasteiger partial charge on any atom is -0.495 e. The third kappa shape index (κ3) is 5.00. The molecule has 1 heterocycles. The van der Waals surface area contributed by atoms with Gasteiger partial charge in [0.25, 0.3) is 5.91 Å². The second-order valence-corrected chi connectivity index (χ2v) is 8.48. The van der Waals surface area contributed by atoms with Crippen LogP contribution in [0.2, 0.25) is 0 Å². The van der Waals surface area contributed by atoms with Gasteiger partial charge in [0.15, 0.2) is 6.10 Å². The molecule has 3 atom stereocenters. The Bertz CT molecular complexity index is 830. The van der Waals surface area contributed by atoms with Gasteiger partial charge in [-0.3, -0.25) is 4.79 Å². The van der Waals surface area contributed by atoms with E-state index in [0.29, 0.717) is 13.1 Å². The Labute approximate surface area is 165 Å². The van der Waals surface area contributed by atoms with Crippen molar-refractivity contribution in [2.24, 2.45) is 0 Å². The minimum absolute atomic E-state index is 0.00186. The van der Waals surface area contributed by atoms with Gasteiger partial charge in [-0.1, -0.05) is 0 Å². The number of amides is 1. The van der Waals surface area contributed by atoms with Crippen LogP contribution in [-0.4, -0.2) is 70.8 Å². The van der Waals surface area contributed by atoms with Crippen molar-refractivity contribution in [3.63, 3.8) is 0 Å². The maximum Gasteiger partial charge on any atom is 0.338 e. The number of carbonyl (C=O) groups is 2. The molecule has 1 aromatic rings. The van der Waals surface area contributed by atoms with Crippen molar-refractivity contribution in [3.05, 3.63) is 23.8 Å². The zero-order valence-corrected chi connectivity index (χ0v) is 17.4. The molecule has 9 nitrogen and oxygen atoms in total. The standard InChI is InChI=1S/C18H26N2O7S/c1-11-9-20(10-12(2)26-11)17(21)13(3)27-18(22)14-6-7-15(25-5)16(8-14)28(23,24)19-4/h6-8,11-13,19H,9-10H2,1-5H3. The lowest BCUT2D eigenvalue weighted by atomic mass is 10.2. The normalized spacial score (nSPS) is 21.1. The van der Waals surface area contributed by atoms with Gasteiger partial charge >= 0.3 is 5.97 Å². The molecule has 0 spiro atoms. The van der Waals surface area contributed by atoms with E-state index in [1.165, 1.54) is 33.2 Å². The van der Waals surface area contributed by atoms with Crippen LogP contribution in [0.4, 0.5) is 0 Å². The van der Waals surface area contributed by atoms with Crippen molar-refractivity contribution in [1.29, 1.82) is 0 Å². The average Bonchev–Trinajstić information content (AvgIpc) is 2.65. The number of morpholine rings is 1. The summed E-state index contributed by atoms with van der Waals surface area (Å²) in [5, 5.41) is 0. The first-order chi connectivity index (χ1) is 13.1. The second-order valence-electron chi connectivity index (χ2n) is 6.62. The quantitative estimate of drug-likeness (QED) is 0.685. The maximum absolute atomic E-state index is 12.6. The van der Waals surface area contributed by atoms with Crippen LogP contribution in [0.25, 0.3) is 0 Å². The summed E-state index contributed by atoms with van der Waals surface area (Å²) >= 11 is 0. The number of nitrogens with zero attached hydrogens (tertiary/aromatic N) is 1. The van der Waals surface area contributed by atoms with Gasteiger partial charge < -0.3 is 19.1 Å². The molecular formula is C18H26N2O7S. The van der Waals surface area contributed by atoms with Crippen LogP contribution in [0, 0.1) is 0 Å². The monoisotopic (exact) mass is 414 g/mol. The lowest BCUT2D eigenvalue weighted by Gasteiger charge is -2.36. The number of ether oxygens (including phenoxy) is 3. The summed E-state index contributed by atoms with van der Waals surface area (Å²) in [4.78, 5) is 26.5. The molecule has 1 fully saturated rings. The molecule has 0 radical (unpaired) electrons. The van der Waals surface area contributed by atoms with Gasteiger partial charge in [0.2, 0.25) is 10.0 Å². The molecule has 10 heteroatoms. The number of hydrogen-bond acceptors (Lipinski definition) is 7. The highest BCUT2D eigenvalue weighted by Crippen LogP contribution is 2.25. The average molecular weight is 414 g/mol. The SMILES string of the molecule is CNS(=O)(=O)c1cc(C(=O)OC(C)C(=O)N2CC(C)OC(C)C2)ccc1OC. The van der Waals surface area contributed by atoms with Gasteiger partial charge in [0.1, 0.15) is 10.6 Å². The topological polar surface area (TPSA) is 111 Å². The van der Waals surface area contributed by atoms with Crippen LogP contribution < -0.4 is 9.46 Å². The van der Waals surface area contributed by atoms with Crippen molar-refractivity contribution in [1.82, 2.24) is 9.62 Å². The summed E-state index contributed by atoms with van der Waals surface area (Å²) in [6.45, 7) is 6.05. The number of esters is 1. The molecule has 0 aromatic heterocycles. The third-order valence-corrected chi connectivity index (χ3v) is 5.76. The molecule has 1 aliphatic heterocycles. The first kappa shape index (κ1) is 22.1. The lowest BCUT2D eigenvalue weighted by Crippen LogP contribution is -2.51. The minimum atomic E-state index is -3.84. The zero-order chi connectivity index (χ0) is 21.1. The maximum atomic E-state index is 12.6. The highest BCUT2D eigenvalue weighted by molar-refractivity contribution is 7.89. The van der Waals surface area contributed by atoms with E-state index in [1.807, 2.05) is 13.8 Å². The third-order valence-electron chi connectivity index (χ3n) is 4.32. The molecule has 1 aliphatic rings. The Morgan fingerprint density at radius 3 is 2.39 bits per heavy atom. The lowest BCUT2D eigenvalue weighted by molar-refractivity contribution is -0.151. The molecule has 1 aromatic carbocycles. The Hall–Kier alpha value is -2.17. The van der Waals surface area contributed by atoms with Crippen LogP contribution in [0.5, 0.6) is 5.75 Å². The highest BCUT2D eigenvalue weighted by atomic mass is 32.2. The van der Waals surface area contributed by atoms with E-state index < -0.39 is 22.1 Å². The Morgan fingerprint density at radius 1 is 1.25 bits per heavy atom. The highest BCUT2D eigenvalue weighted by Gasteiger charge is 2.31. The number of benzene rings is 1. The van der Waals surface area contributed by atoms with Crippen molar-refractivity contribution in [2.45, 2.75) is 44.0 Å². The smallest absolute Gasteiger partial charge is 0.338 e. The molecule has 3 unspecified atom stereocenters. The summed E-state index contributed by atoms with van der Waals surface area (Å²) in [6.07, 6.45) is -1.23. The molecule has 1 N–H and O–H groups in total. The van der Waals surface area contributed by atoms with Gasteiger partial charge in [-0.25, -0.2) is 17.9 Å². The Morgan fingerprint density at radius 2 is 1.86 bits per heavy atom. The van der Waals surface area contributed by atoms with Crippen LogP contribution in [-0.2, 0) is 24.3 Å². The Kier molecular flexibility index (Phi) is 7.02. The van der Waals surface area contributed by atoms with Crippen molar-refractivity contribution < 1.29 is 32.2 Å². The number of nitrogens with one attached hydrogen (secondary N) is 1. The second kappa shape index (κ2) is 8.89. The molecule has 0 aliphatic carbocycles. The molecular weight excluding hydrogens is 388 g/mol. The molecule has 28 heavy (non-hydrogen) atoms. The molecule has 0 saturated carbocycles. The number of rotatable bonds is 6. The van der Waals surface area contributed by atoms with E-state index in [9.17, 15) is 18.0 Å². The van der Waals surface area contributed by atoms with E-state index in [4.69, 9.17) is 14.2 Å². The largest absolute Gasteiger partial charge is 0.495 e. The molecule has 0 bridgehead atoms. The van der Waals surface area contributed by atoms with Crippen LogP contribution in [0.3, 0.4) is 0 Å². The number of methoxy groups -OCH3 is 1. The summed E-state index contributed by atoms with van der Waals surface area (Å²) in [6, 6.07) is 3.90. The van der Waals surface area contributed by atoms with Gasteiger partial charge in [-0.15, -0.1) is 0 Å². The van der Waals surface area contributed by atoms with Gasteiger partial charge in [-0.05, 0) is 46.0 Å². The van der Waals surface area contributed by atoms with Gasteiger partial charge in [0.05, 0.1) is 24.9 Å². The summed E-state index contributed by atoms with van der Waals surface area (Å²) in [5.74, 6) is -1.04. The van der Waals surface area contributed by atoms with E-state index in [1.54, 1.807) is 4.90 Å². The first-order valence-corrected chi connectivity index (χ1v) is 10.3. The fourth-order valence-corrected chi connectivity index (χ4v) is 3.94. The van der Waals surface area contributed by atoms with Gasteiger partial charge in [0, 0.05) is 13.1 Å². The van der Waals surface area contributed by atoms with E-state index >= 15 is 0 Å². The number of hydrogen-bond donors (Lipinski definition) is 1. The number of sulfonamides is 1. The predicted octanol–water partition coefficient (Wildman–Crippen LogP) is 0.784. The molecule has 2 rings (SSSR count). The van der Waals surface area contributed by atoms with Crippen molar-refractivity contribution in [3.8, 4) is 5.75 Å². The first-order valence-electron chi connectivity index (χ1n) is 8.85. The fourth-order valence-electron chi connectivity index (χ4n) is 3.02. The van der Waals surface area contributed by atoms with E-state index in [-0.39, 0.29) is 34.3 Å². The van der Waals surface area contributed by atoms with E-state index in [0.717, 1.165) is 6.07 Å². The van der Waals surface area contributed by atoms with Crippen LogP contribution in [0.1, 0.15) is 31.1 Å². The van der Waals surface area contributed by atoms with Gasteiger partial charge in [-0.2, -0.15) is 0 Å². The van der Waals surface area contributed by atoms with Crippen LogP contribution in [0.15, 0.2) is 23.1 Å². The summed E-state index contributed by atoms with van der Waals surface area (Å²) in [7, 11) is -1.26. The van der Waals surface area contributed by atoms with Crippen molar-refractivity contribution in [2.75, 3.05) is 27.2 Å². The molecule has 1 saturated heterocycles. The molecule has 1 amide bonds. The van der Waals surface area contributed by atoms with Crippen molar-refractivity contribution >= 4 is 21.9 Å². The fraction of sp³-hybridized carbons (Fsp3) is 0.556. The Balaban J connectivity index is 2.16. The van der Waals surface area contributed by atoms with E-state index in [2.05, 4.69) is 4.72 Å². The predicted molar refractivity (Wildman–Crippen MR) is 101 cm³/mol. The molecule has 156 valence electrons. The summed E-state index contributed by atoms with van der Waals surface area (Å²) < 4.78 is 42.4. The van der Waals surface area contributed by atoms with Crippen LogP contribution >= 0.6 is 0 Å². The summed E-state index contributed by atoms with van der Waals surface area (Å²) in [5.41, 5.74) is -0.00186. The zero-order valence-electron chi connectivity index (χ0n) is 16.6. The number of carbonyl (C=O) groups excluding carboxylic acids is 2.